The van der Waals surface area contributed by atoms with Crippen LogP contribution in [0.1, 0.15) is 36.1 Å². The molecular formula is C16H17ClN2O2. The van der Waals surface area contributed by atoms with Crippen LogP contribution in [-0.4, -0.2) is 9.55 Å². The molecule has 0 saturated heterocycles. The minimum Gasteiger partial charge on any atom is -0.297 e. The lowest BCUT2D eigenvalue weighted by Crippen LogP contribution is -2.41. The van der Waals surface area contributed by atoms with E-state index in [0.29, 0.717) is 18.4 Å². The molecule has 0 fully saturated rings. The number of aryl methyl sites for hydroxylation is 1. The van der Waals surface area contributed by atoms with E-state index in [-0.39, 0.29) is 16.8 Å². The SMILES string of the molecule is CCc1c(Cl)[nH]c(=O)n(C2CCc3ccccc3C2)c1=O. The molecule has 1 aliphatic carbocycles. The van der Waals surface area contributed by atoms with E-state index in [1.807, 2.05) is 19.1 Å². The summed E-state index contributed by atoms with van der Waals surface area (Å²) in [6.45, 7) is 1.86. The highest BCUT2D eigenvalue weighted by atomic mass is 35.5. The molecule has 5 heteroatoms. The Balaban J connectivity index is 2.07. The fourth-order valence-electron chi connectivity index (χ4n) is 3.10. The first kappa shape index (κ1) is 14.1. The monoisotopic (exact) mass is 304 g/mol. The lowest BCUT2D eigenvalue weighted by Gasteiger charge is -2.26. The molecule has 1 aromatic heterocycles. The van der Waals surface area contributed by atoms with Crippen molar-refractivity contribution in [3.63, 3.8) is 0 Å². The van der Waals surface area contributed by atoms with Crippen molar-refractivity contribution in [2.75, 3.05) is 0 Å². The maximum absolute atomic E-state index is 12.5. The van der Waals surface area contributed by atoms with E-state index in [1.54, 1.807) is 0 Å². The summed E-state index contributed by atoms with van der Waals surface area (Å²) in [6, 6.07) is 8.09. The molecule has 4 nitrogen and oxygen atoms in total. The summed E-state index contributed by atoms with van der Waals surface area (Å²) in [4.78, 5) is 27.3. The third-order valence-electron chi connectivity index (χ3n) is 4.22. The zero-order valence-corrected chi connectivity index (χ0v) is 12.6. The largest absolute Gasteiger partial charge is 0.329 e. The van der Waals surface area contributed by atoms with Crippen LogP contribution in [0.5, 0.6) is 0 Å². The minimum atomic E-state index is -0.411. The number of aromatic nitrogens is 2. The summed E-state index contributed by atoms with van der Waals surface area (Å²) in [6.07, 6.45) is 2.91. The number of rotatable bonds is 2. The molecule has 1 aromatic carbocycles. The Bertz CT molecular complexity index is 792. The van der Waals surface area contributed by atoms with Gasteiger partial charge >= 0.3 is 5.69 Å². The van der Waals surface area contributed by atoms with Crippen LogP contribution in [0.2, 0.25) is 5.15 Å². The fourth-order valence-corrected chi connectivity index (χ4v) is 3.39. The Morgan fingerprint density at radius 1 is 1.29 bits per heavy atom. The average Bonchev–Trinajstić information content (AvgIpc) is 2.47. The van der Waals surface area contributed by atoms with Crippen molar-refractivity contribution in [3.05, 3.63) is 66.9 Å². The summed E-state index contributed by atoms with van der Waals surface area (Å²) >= 11 is 5.96. The van der Waals surface area contributed by atoms with E-state index in [1.165, 1.54) is 15.7 Å². The zero-order valence-electron chi connectivity index (χ0n) is 11.9. The van der Waals surface area contributed by atoms with Crippen LogP contribution in [0.4, 0.5) is 0 Å². The predicted octanol–water partition coefficient (Wildman–Crippen LogP) is 2.48. The van der Waals surface area contributed by atoms with Crippen molar-refractivity contribution in [2.24, 2.45) is 0 Å². The van der Waals surface area contributed by atoms with Crippen molar-refractivity contribution < 1.29 is 0 Å². The van der Waals surface area contributed by atoms with Crippen LogP contribution >= 0.6 is 11.6 Å². The van der Waals surface area contributed by atoms with Gasteiger partial charge in [-0.1, -0.05) is 42.8 Å². The highest BCUT2D eigenvalue weighted by Gasteiger charge is 2.24. The zero-order chi connectivity index (χ0) is 15.0. The highest BCUT2D eigenvalue weighted by molar-refractivity contribution is 6.30. The van der Waals surface area contributed by atoms with Crippen molar-refractivity contribution in [3.8, 4) is 0 Å². The Morgan fingerprint density at radius 2 is 2.00 bits per heavy atom. The van der Waals surface area contributed by atoms with E-state index in [4.69, 9.17) is 11.6 Å². The van der Waals surface area contributed by atoms with Gasteiger partial charge in [-0.15, -0.1) is 0 Å². The fraction of sp³-hybridized carbons (Fsp3) is 0.375. The van der Waals surface area contributed by atoms with Gasteiger partial charge in [-0.3, -0.25) is 14.3 Å². The van der Waals surface area contributed by atoms with Crippen molar-refractivity contribution >= 4 is 11.6 Å². The first-order valence-electron chi connectivity index (χ1n) is 7.21. The van der Waals surface area contributed by atoms with Gasteiger partial charge in [0.25, 0.3) is 5.56 Å². The Morgan fingerprint density at radius 3 is 2.71 bits per heavy atom. The second-order valence-electron chi connectivity index (χ2n) is 5.42. The molecule has 0 aliphatic heterocycles. The molecule has 21 heavy (non-hydrogen) atoms. The highest BCUT2D eigenvalue weighted by Crippen LogP contribution is 2.27. The minimum absolute atomic E-state index is 0.0984. The van der Waals surface area contributed by atoms with Gasteiger partial charge in [0.1, 0.15) is 5.15 Å². The lowest BCUT2D eigenvalue weighted by molar-refractivity contribution is 0.412. The lowest BCUT2D eigenvalue weighted by atomic mass is 9.88. The second-order valence-corrected chi connectivity index (χ2v) is 5.79. The normalized spacial score (nSPS) is 17.5. The number of halogens is 1. The predicted molar refractivity (Wildman–Crippen MR) is 83.2 cm³/mol. The standard InChI is InChI=1S/C16H17ClN2O2/c1-2-13-14(17)18-16(21)19(15(13)20)12-8-7-10-5-3-4-6-11(10)9-12/h3-6,12H,2,7-9H2,1H3,(H,18,21). The molecule has 0 spiro atoms. The molecule has 2 aromatic rings. The number of nitrogens with zero attached hydrogens (tertiary/aromatic N) is 1. The molecule has 0 saturated carbocycles. The van der Waals surface area contributed by atoms with Crippen molar-refractivity contribution in [1.29, 1.82) is 0 Å². The maximum Gasteiger partial charge on any atom is 0.329 e. The number of benzene rings is 1. The molecule has 0 radical (unpaired) electrons. The van der Waals surface area contributed by atoms with E-state index >= 15 is 0 Å². The number of hydrogen-bond acceptors (Lipinski definition) is 2. The number of nitrogens with one attached hydrogen (secondary N) is 1. The van der Waals surface area contributed by atoms with Gasteiger partial charge in [-0.2, -0.15) is 0 Å². The van der Waals surface area contributed by atoms with E-state index in [9.17, 15) is 9.59 Å². The molecule has 1 atom stereocenters. The van der Waals surface area contributed by atoms with Crippen LogP contribution in [0.15, 0.2) is 33.9 Å². The van der Waals surface area contributed by atoms with Crippen LogP contribution in [-0.2, 0) is 19.3 Å². The number of H-pyrrole nitrogens is 1. The first-order valence-corrected chi connectivity index (χ1v) is 7.59. The summed E-state index contributed by atoms with van der Waals surface area (Å²) < 4.78 is 1.35. The smallest absolute Gasteiger partial charge is 0.297 e. The number of aromatic amines is 1. The molecular weight excluding hydrogens is 288 g/mol. The topological polar surface area (TPSA) is 54.9 Å². The summed E-state index contributed by atoms with van der Waals surface area (Å²) in [5.74, 6) is 0. The Labute approximate surface area is 127 Å². The van der Waals surface area contributed by atoms with Gasteiger partial charge in [0, 0.05) is 6.04 Å². The van der Waals surface area contributed by atoms with Gasteiger partial charge in [-0.05, 0) is 36.8 Å². The van der Waals surface area contributed by atoms with Gasteiger partial charge in [0.05, 0.1) is 5.56 Å². The van der Waals surface area contributed by atoms with E-state index in [2.05, 4.69) is 17.1 Å². The van der Waals surface area contributed by atoms with E-state index < -0.39 is 5.69 Å². The molecule has 1 heterocycles. The summed E-state index contributed by atoms with van der Waals surface area (Å²) in [7, 11) is 0. The summed E-state index contributed by atoms with van der Waals surface area (Å²) in [5.41, 5.74) is 2.34. The molecule has 0 bridgehead atoms. The first-order chi connectivity index (χ1) is 10.1. The number of hydrogen-bond donors (Lipinski definition) is 1. The second kappa shape index (κ2) is 5.53. The van der Waals surface area contributed by atoms with Gasteiger partial charge in [-0.25, -0.2) is 4.79 Å². The third kappa shape index (κ3) is 2.44. The Kier molecular flexibility index (Phi) is 3.72. The van der Waals surface area contributed by atoms with Crippen molar-refractivity contribution in [2.45, 2.75) is 38.6 Å². The average molecular weight is 305 g/mol. The maximum atomic E-state index is 12.5. The van der Waals surface area contributed by atoms with E-state index in [0.717, 1.165) is 12.8 Å². The molecule has 0 amide bonds. The van der Waals surface area contributed by atoms with Crippen LogP contribution in [0.3, 0.4) is 0 Å². The van der Waals surface area contributed by atoms with Crippen molar-refractivity contribution in [1.82, 2.24) is 9.55 Å². The van der Waals surface area contributed by atoms with Gasteiger partial charge < -0.3 is 0 Å². The molecule has 3 rings (SSSR count). The molecule has 1 unspecified atom stereocenters. The van der Waals surface area contributed by atoms with Crippen LogP contribution < -0.4 is 11.2 Å². The van der Waals surface area contributed by atoms with Crippen LogP contribution in [0, 0.1) is 0 Å². The van der Waals surface area contributed by atoms with Gasteiger partial charge in [0.15, 0.2) is 0 Å². The summed E-state index contributed by atoms with van der Waals surface area (Å²) in [5, 5.41) is 0.167. The quantitative estimate of drug-likeness (QED) is 0.867. The third-order valence-corrected chi connectivity index (χ3v) is 4.54. The van der Waals surface area contributed by atoms with Crippen LogP contribution in [0.25, 0.3) is 0 Å². The number of fused-ring (bicyclic) bond motifs is 1. The van der Waals surface area contributed by atoms with Gasteiger partial charge in [0.2, 0.25) is 0 Å². The Hall–Kier alpha value is -1.81. The molecule has 110 valence electrons. The molecule has 1 N–H and O–H groups in total. The molecule has 1 aliphatic rings.